The SMILES string of the molecule is C1=C2C(CC=C1n1c3ccccc3c3ccc(-[n+]4ccccn4)cc31)c1ccccc1N2c1ccccn1. The summed E-state index contributed by atoms with van der Waals surface area (Å²) in [6.07, 6.45) is 11.4. The molecule has 1 aliphatic carbocycles. The molecule has 1 atom stereocenters. The Bertz CT molecular complexity index is 1900. The van der Waals surface area contributed by atoms with Gasteiger partial charge >= 0.3 is 0 Å². The lowest BCUT2D eigenvalue weighted by Crippen LogP contribution is -2.33. The van der Waals surface area contributed by atoms with Gasteiger partial charge in [-0.2, -0.15) is 0 Å². The van der Waals surface area contributed by atoms with Crippen molar-refractivity contribution in [3.8, 4) is 5.69 Å². The van der Waals surface area contributed by atoms with Crippen molar-refractivity contribution < 1.29 is 4.68 Å². The zero-order chi connectivity index (χ0) is 25.1. The van der Waals surface area contributed by atoms with E-state index in [9.17, 15) is 0 Å². The lowest BCUT2D eigenvalue weighted by atomic mass is 9.91. The molecule has 2 aliphatic rings. The highest BCUT2D eigenvalue weighted by atomic mass is 15.3. The fourth-order valence-electron chi connectivity index (χ4n) is 6.06. The van der Waals surface area contributed by atoms with Gasteiger partial charge in [0.25, 0.3) is 0 Å². The van der Waals surface area contributed by atoms with E-state index < -0.39 is 0 Å². The summed E-state index contributed by atoms with van der Waals surface area (Å²) < 4.78 is 4.32. The minimum atomic E-state index is 0.310. The quantitative estimate of drug-likeness (QED) is 0.253. The number of fused-ring (bicyclic) bond motifs is 6. The molecular formula is C33H24N5+. The van der Waals surface area contributed by atoms with Gasteiger partial charge in [0.1, 0.15) is 5.82 Å². The molecule has 0 saturated carbocycles. The molecule has 6 aromatic rings. The number of anilines is 2. The Morgan fingerprint density at radius 3 is 2.50 bits per heavy atom. The van der Waals surface area contributed by atoms with Crippen LogP contribution in [0.25, 0.3) is 33.2 Å². The molecule has 5 heteroatoms. The third-order valence-electron chi connectivity index (χ3n) is 7.70. The Kier molecular flexibility index (Phi) is 4.58. The van der Waals surface area contributed by atoms with Gasteiger partial charge in [-0.3, -0.25) is 4.90 Å². The predicted octanol–water partition coefficient (Wildman–Crippen LogP) is 6.93. The number of allylic oxidation sites excluding steroid dienone is 4. The maximum Gasteiger partial charge on any atom is 0.240 e. The first kappa shape index (κ1) is 21.1. The van der Waals surface area contributed by atoms with E-state index in [1.165, 1.54) is 44.5 Å². The minimum Gasteiger partial charge on any atom is -0.309 e. The Hall–Kier alpha value is -5.03. The van der Waals surface area contributed by atoms with Gasteiger partial charge in [0.05, 0.1) is 22.9 Å². The van der Waals surface area contributed by atoms with Crippen LogP contribution < -0.4 is 9.58 Å². The molecule has 3 aromatic heterocycles. The molecule has 0 fully saturated rings. The van der Waals surface area contributed by atoms with Gasteiger partial charge in [-0.15, -0.1) is 0 Å². The first-order valence-corrected chi connectivity index (χ1v) is 13.0. The van der Waals surface area contributed by atoms with Gasteiger partial charge < -0.3 is 4.57 Å². The number of rotatable bonds is 3. The minimum absolute atomic E-state index is 0.310. The zero-order valence-corrected chi connectivity index (χ0v) is 20.6. The van der Waals surface area contributed by atoms with Crippen molar-refractivity contribution in [3.05, 3.63) is 139 Å². The summed E-state index contributed by atoms with van der Waals surface area (Å²) in [4.78, 5) is 7.06. The van der Waals surface area contributed by atoms with Crippen LogP contribution in [0.4, 0.5) is 11.5 Å². The van der Waals surface area contributed by atoms with Crippen LogP contribution >= 0.6 is 0 Å². The second kappa shape index (κ2) is 8.25. The molecule has 5 nitrogen and oxygen atoms in total. The monoisotopic (exact) mass is 490 g/mol. The van der Waals surface area contributed by atoms with E-state index in [1.54, 1.807) is 0 Å². The zero-order valence-electron chi connectivity index (χ0n) is 20.6. The van der Waals surface area contributed by atoms with Crippen molar-refractivity contribution in [2.45, 2.75) is 12.3 Å². The van der Waals surface area contributed by atoms with Crippen LogP contribution in [0.5, 0.6) is 0 Å². The van der Waals surface area contributed by atoms with E-state index in [0.717, 1.165) is 17.9 Å². The smallest absolute Gasteiger partial charge is 0.240 e. The number of nitrogens with zero attached hydrogens (tertiary/aromatic N) is 5. The summed E-state index contributed by atoms with van der Waals surface area (Å²) in [5.74, 6) is 1.26. The lowest BCUT2D eigenvalue weighted by Gasteiger charge is -2.26. The molecule has 4 heterocycles. The molecule has 0 saturated heterocycles. The van der Waals surface area contributed by atoms with Crippen LogP contribution in [0.3, 0.4) is 0 Å². The van der Waals surface area contributed by atoms with E-state index in [-0.39, 0.29) is 0 Å². The highest BCUT2D eigenvalue weighted by Gasteiger charge is 2.36. The average molecular weight is 491 g/mol. The summed E-state index contributed by atoms with van der Waals surface area (Å²) >= 11 is 0. The second-order valence-corrected chi connectivity index (χ2v) is 9.77. The van der Waals surface area contributed by atoms with Crippen LogP contribution in [0.15, 0.2) is 134 Å². The van der Waals surface area contributed by atoms with Gasteiger partial charge in [0.15, 0.2) is 0 Å². The highest BCUT2D eigenvalue weighted by molar-refractivity contribution is 6.11. The summed E-state index contributed by atoms with van der Waals surface area (Å²) in [6, 6.07) is 34.1. The van der Waals surface area contributed by atoms with E-state index in [2.05, 4.69) is 106 Å². The second-order valence-electron chi connectivity index (χ2n) is 9.77. The number of benzene rings is 3. The number of hydrogen-bond donors (Lipinski definition) is 0. The van der Waals surface area contributed by atoms with Crippen molar-refractivity contribution in [2.75, 3.05) is 4.90 Å². The predicted molar refractivity (Wildman–Crippen MR) is 151 cm³/mol. The number of para-hydroxylation sites is 2. The van der Waals surface area contributed by atoms with Crippen LogP contribution in [-0.4, -0.2) is 14.6 Å². The molecule has 1 aliphatic heterocycles. The molecule has 0 N–H and O–H groups in total. The maximum absolute atomic E-state index is 4.73. The molecule has 3 aromatic carbocycles. The van der Waals surface area contributed by atoms with Gasteiger partial charge in [-0.25, -0.2) is 4.98 Å². The Balaban J connectivity index is 1.35. The van der Waals surface area contributed by atoms with Crippen molar-refractivity contribution in [2.24, 2.45) is 0 Å². The number of aromatic nitrogens is 4. The van der Waals surface area contributed by atoms with Crippen LogP contribution in [0, 0.1) is 0 Å². The molecule has 0 bridgehead atoms. The highest BCUT2D eigenvalue weighted by Crippen LogP contribution is 2.51. The van der Waals surface area contributed by atoms with E-state index in [4.69, 9.17) is 4.98 Å². The van der Waals surface area contributed by atoms with Crippen molar-refractivity contribution in [1.82, 2.24) is 14.6 Å². The summed E-state index contributed by atoms with van der Waals surface area (Å²) in [7, 11) is 0. The largest absolute Gasteiger partial charge is 0.309 e. The maximum atomic E-state index is 4.73. The molecule has 180 valence electrons. The van der Waals surface area contributed by atoms with Crippen molar-refractivity contribution in [3.63, 3.8) is 0 Å². The molecule has 38 heavy (non-hydrogen) atoms. The first-order chi connectivity index (χ1) is 18.9. The van der Waals surface area contributed by atoms with E-state index >= 15 is 0 Å². The summed E-state index contributed by atoms with van der Waals surface area (Å²) in [5, 5.41) is 7.01. The normalized spacial score (nSPS) is 16.3. The molecule has 0 spiro atoms. The van der Waals surface area contributed by atoms with Crippen LogP contribution in [-0.2, 0) is 0 Å². The standard InChI is InChI=1S/C33H24N5/c1-3-11-29-25(9-1)27-16-14-23(36-20-8-7-19-35-36)21-31(27)37(29)24-15-17-28-26-10-2-4-12-30(26)38(32(28)22-24)33-13-5-6-18-34-33/h1-16,18-22,28H,17H2/q+1. The third kappa shape index (κ3) is 3.08. The van der Waals surface area contributed by atoms with Crippen molar-refractivity contribution in [1.29, 1.82) is 0 Å². The average Bonchev–Trinajstić information content (AvgIpc) is 3.50. The van der Waals surface area contributed by atoms with Crippen molar-refractivity contribution >= 4 is 39.0 Å². The Morgan fingerprint density at radius 1 is 0.763 bits per heavy atom. The lowest BCUT2D eigenvalue weighted by molar-refractivity contribution is -0.659. The number of hydrogen-bond acceptors (Lipinski definition) is 3. The van der Waals surface area contributed by atoms with Gasteiger partial charge in [0.2, 0.25) is 11.9 Å². The third-order valence-corrected chi connectivity index (χ3v) is 7.70. The molecule has 1 unspecified atom stereocenters. The Morgan fingerprint density at radius 2 is 1.61 bits per heavy atom. The Labute approximate surface area is 220 Å². The molecule has 0 radical (unpaired) electrons. The topological polar surface area (TPSA) is 37.8 Å². The fraction of sp³-hybridized carbons (Fsp3) is 0.0606. The molecule has 0 amide bonds. The molecule has 8 rings (SSSR count). The van der Waals surface area contributed by atoms with E-state index in [1.807, 2.05) is 41.5 Å². The van der Waals surface area contributed by atoms with Crippen LogP contribution in [0.1, 0.15) is 17.9 Å². The van der Waals surface area contributed by atoms with E-state index in [0.29, 0.717) is 5.92 Å². The van der Waals surface area contributed by atoms with Gasteiger partial charge in [0, 0.05) is 52.5 Å². The fourth-order valence-corrected chi connectivity index (χ4v) is 6.06. The molecular weight excluding hydrogens is 466 g/mol. The van der Waals surface area contributed by atoms with Gasteiger partial charge in [-0.1, -0.05) is 53.2 Å². The van der Waals surface area contributed by atoms with Crippen LogP contribution in [0.2, 0.25) is 0 Å². The first-order valence-electron chi connectivity index (χ1n) is 13.0. The summed E-state index contributed by atoms with van der Waals surface area (Å²) in [5.41, 5.74) is 8.43. The summed E-state index contributed by atoms with van der Waals surface area (Å²) in [6.45, 7) is 0. The van der Waals surface area contributed by atoms with Gasteiger partial charge in [-0.05, 0) is 59.6 Å². The number of pyridine rings is 1.